The molecule has 3 aromatic carbocycles. The van der Waals surface area contributed by atoms with Crippen LogP contribution in [0.3, 0.4) is 0 Å². The van der Waals surface area contributed by atoms with Crippen molar-refractivity contribution in [2.75, 3.05) is 11.9 Å². The molecule has 4 rings (SSSR count). The van der Waals surface area contributed by atoms with Crippen LogP contribution >= 0.6 is 50.9 Å². The molecule has 0 aromatic heterocycles. The number of rotatable bonds is 6. The number of hydrogen-bond acceptors (Lipinski definition) is 5. The van der Waals surface area contributed by atoms with Crippen LogP contribution in [-0.2, 0) is 9.59 Å². The van der Waals surface area contributed by atoms with Gasteiger partial charge in [-0.25, -0.2) is 4.99 Å². The van der Waals surface area contributed by atoms with Gasteiger partial charge in [0.2, 0.25) is 0 Å². The molecule has 0 atom stereocenters. The number of aliphatic imine (C=N–C) groups is 1. The van der Waals surface area contributed by atoms with Gasteiger partial charge in [-0.3, -0.25) is 9.59 Å². The van der Waals surface area contributed by atoms with Gasteiger partial charge in [0, 0.05) is 10.2 Å². The van der Waals surface area contributed by atoms with Crippen LogP contribution in [0.5, 0.6) is 5.75 Å². The minimum atomic E-state index is -0.332. The number of anilines is 1. The zero-order chi connectivity index (χ0) is 24.1. The van der Waals surface area contributed by atoms with E-state index in [1.165, 1.54) is 11.8 Å². The predicted octanol–water partition coefficient (Wildman–Crippen LogP) is 6.67. The van der Waals surface area contributed by atoms with Crippen LogP contribution in [0.25, 0.3) is 6.08 Å². The highest BCUT2D eigenvalue weighted by molar-refractivity contribution is 9.10. The number of halogens is 3. The molecule has 1 aliphatic heterocycles. The highest BCUT2D eigenvalue weighted by atomic mass is 79.9. The molecule has 0 radical (unpaired) electrons. The Hall–Kier alpha value is -2.78. The van der Waals surface area contributed by atoms with E-state index in [-0.39, 0.29) is 18.4 Å². The number of amides is 2. The van der Waals surface area contributed by atoms with Crippen LogP contribution in [0, 0.1) is 0 Å². The summed E-state index contributed by atoms with van der Waals surface area (Å²) in [5.41, 5.74) is 2.09. The summed E-state index contributed by atoms with van der Waals surface area (Å²) < 4.78 is 6.49. The summed E-state index contributed by atoms with van der Waals surface area (Å²) in [7, 11) is 0. The van der Waals surface area contributed by atoms with E-state index in [0.717, 1.165) is 15.7 Å². The number of benzene rings is 3. The molecule has 6 nitrogen and oxygen atoms in total. The van der Waals surface area contributed by atoms with Gasteiger partial charge in [-0.2, -0.15) is 0 Å². The first-order chi connectivity index (χ1) is 16.4. The van der Waals surface area contributed by atoms with Crippen molar-refractivity contribution in [1.82, 2.24) is 5.32 Å². The second-order valence-corrected chi connectivity index (χ2v) is 9.75. The molecule has 2 amide bonds. The number of hydrogen-bond donors (Lipinski definition) is 2. The highest BCUT2D eigenvalue weighted by Crippen LogP contribution is 2.29. The zero-order valence-electron chi connectivity index (χ0n) is 17.3. The second-order valence-electron chi connectivity index (χ2n) is 6.99. The zero-order valence-corrected chi connectivity index (χ0v) is 21.3. The molecule has 10 heteroatoms. The smallest absolute Gasteiger partial charge is 0.264 e. The Bertz CT molecular complexity index is 1300. The molecule has 1 aliphatic rings. The molecule has 0 bridgehead atoms. The molecule has 34 heavy (non-hydrogen) atoms. The maximum absolute atomic E-state index is 12.3. The van der Waals surface area contributed by atoms with Crippen LogP contribution in [0.4, 0.5) is 11.4 Å². The van der Waals surface area contributed by atoms with Gasteiger partial charge >= 0.3 is 0 Å². The first-order valence-electron chi connectivity index (χ1n) is 9.89. The maximum atomic E-state index is 12.3. The van der Waals surface area contributed by atoms with Crippen LogP contribution in [0.2, 0.25) is 10.0 Å². The third-order valence-corrected chi connectivity index (χ3v) is 6.64. The Balaban J connectivity index is 1.33. The predicted molar refractivity (Wildman–Crippen MR) is 142 cm³/mol. The van der Waals surface area contributed by atoms with Crippen molar-refractivity contribution in [2.45, 2.75) is 0 Å². The number of carbonyl (C=O) groups is 2. The summed E-state index contributed by atoms with van der Waals surface area (Å²) >= 11 is 16.5. The van der Waals surface area contributed by atoms with Gasteiger partial charge in [0.25, 0.3) is 11.8 Å². The average Bonchev–Trinajstić information content (AvgIpc) is 3.16. The first kappa shape index (κ1) is 24.3. The molecule has 0 spiro atoms. The Morgan fingerprint density at radius 1 is 1.06 bits per heavy atom. The number of ether oxygens (including phenoxy) is 1. The van der Waals surface area contributed by atoms with Gasteiger partial charge in [0.15, 0.2) is 11.8 Å². The van der Waals surface area contributed by atoms with E-state index < -0.39 is 0 Å². The number of nitrogens with one attached hydrogen (secondary N) is 2. The number of carbonyl (C=O) groups excluding carboxylic acids is 2. The van der Waals surface area contributed by atoms with Crippen LogP contribution < -0.4 is 15.4 Å². The van der Waals surface area contributed by atoms with Crippen molar-refractivity contribution in [3.05, 3.63) is 91.7 Å². The molecule has 2 N–H and O–H groups in total. The van der Waals surface area contributed by atoms with Crippen molar-refractivity contribution in [1.29, 1.82) is 0 Å². The Morgan fingerprint density at radius 2 is 1.79 bits per heavy atom. The highest BCUT2D eigenvalue weighted by Gasteiger charge is 2.23. The molecule has 1 fully saturated rings. The van der Waals surface area contributed by atoms with E-state index in [0.29, 0.717) is 31.6 Å². The fraction of sp³-hybridized carbons (Fsp3) is 0.0417. The largest absolute Gasteiger partial charge is 0.484 e. The summed E-state index contributed by atoms with van der Waals surface area (Å²) in [4.78, 5) is 29.4. The maximum Gasteiger partial charge on any atom is 0.264 e. The third kappa shape index (κ3) is 6.64. The summed E-state index contributed by atoms with van der Waals surface area (Å²) in [6.45, 7) is -0.172. The topological polar surface area (TPSA) is 79.8 Å². The lowest BCUT2D eigenvalue weighted by Crippen LogP contribution is -2.20. The first-order valence-corrected chi connectivity index (χ1v) is 12.3. The SMILES string of the molecule is O=C(COc1ccc(/C=C2\SC(=Nc3ccc(Br)cc3)NC2=O)cc1)Nc1ccc(Cl)c(Cl)c1. The fourth-order valence-electron chi connectivity index (χ4n) is 2.84. The standard InChI is InChI=1S/C24H16BrCl2N3O3S/c25-15-3-5-16(6-4-15)29-24-30-23(32)21(34-24)11-14-1-8-18(9-2-14)33-13-22(31)28-17-7-10-19(26)20(27)12-17/h1-12H,13H2,(H,28,31)(H,29,30,32)/b21-11-. The molecule has 0 saturated carbocycles. The van der Waals surface area contributed by atoms with Gasteiger partial charge in [0.1, 0.15) is 5.75 Å². The number of thioether (sulfide) groups is 1. The molecule has 3 aromatic rings. The average molecular weight is 577 g/mol. The molecule has 1 heterocycles. The number of nitrogens with zero attached hydrogens (tertiary/aromatic N) is 1. The Kier molecular flexibility index (Phi) is 7.95. The van der Waals surface area contributed by atoms with E-state index in [4.69, 9.17) is 27.9 Å². The van der Waals surface area contributed by atoms with Gasteiger partial charge in [-0.05, 0) is 78.0 Å². The van der Waals surface area contributed by atoms with Crippen molar-refractivity contribution < 1.29 is 14.3 Å². The summed E-state index contributed by atoms with van der Waals surface area (Å²) in [5, 5.41) is 6.74. The molecule has 0 aliphatic carbocycles. The van der Waals surface area contributed by atoms with Crippen LogP contribution in [0.15, 0.2) is 81.1 Å². The lowest BCUT2D eigenvalue weighted by atomic mass is 10.2. The molecule has 0 unspecified atom stereocenters. The van der Waals surface area contributed by atoms with Crippen LogP contribution in [0.1, 0.15) is 5.56 Å². The van der Waals surface area contributed by atoms with E-state index in [1.54, 1.807) is 48.5 Å². The van der Waals surface area contributed by atoms with Crippen molar-refractivity contribution >= 4 is 85.3 Å². The summed E-state index contributed by atoms with van der Waals surface area (Å²) in [6, 6.07) is 19.4. The van der Waals surface area contributed by atoms with E-state index in [1.807, 2.05) is 24.3 Å². The normalized spacial score (nSPS) is 15.4. The van der Waals surface area contributed by atoms with Crippen molar-refractivity contribution in [2.24, 2.45) is 4.99 Å². The molecular weight excluding hydrogens is 561 g/mol. The lowest BCUT2D eigenvalue weighted by Gasteiger charge is -2.08. The number of amidine groups is 1. The molecule has 172 valence electrons. The van der Waals surface area contributed by atoms with E-state index in [9.17, 15) is 9.59 Å². The Morgan fingerprint density at radius 3 is 2.50 bits per heavy atom. The minimum absolute atomic E-state index is 0.172. The second kappa shape index (κ2) is 11.1. The monoisotopic (exact) mass is 575 g/mol. The summed E-state index contributed by atoms with van der Waals surface area (Å²) in [6.07, 6.45) is 1.77. The minimum Gasteiger partial charge on any atom is -0.484 e. The summed E-state index contributed by atoms with van der Waals surface area (Å²) in [5.74, 6) is -0.0196. The van der Waals surface area contributed by atoms with Crippen LogP contribution in [-0.4, -0.2) is 23.6 Å². The molecular formula is C24H16BrCl2N3O3S. The third-order valence-electron chi connectivity index (χ3n) is 4.46. The van der Waals surface area contributed by atoms with Crippen molar-refractivity contribution in [3.8, 4) is 5.75 Å². The van der Waals surface area contributed by atoms with Crippen molar-refractivity contribution in [3.63, 3.8) is 0 Å². The lowest BCUT2D eigenvalue weighted by molar-refractivity contribution is -0.118. The fourth-order valence-corrected chi connectivity index (χ4v) is 4.25. The van der Waals surface area contributed by atoms with Gasteiger partial charge < -0.3 is 15.4 Å². The Labute approximate surface area is 218 Å². The van der Waals surface area contributed by atoms with Gasteiger partial charge in [-0.15, -0.1) is 0 Å². The van der Waals surface area contributed by atoms with E-state index >= 15 is 0 Å². The van der Waals surface area contributed by atoms with E-state index in [2.05, 4.69) is 31.6 Å². The molecule has 1 saturated heterocycles. The quantitative estimate of drug-likeness (QED) is 0.321. The van der Waals surface area contributed by atoms with Gasteiger partial charge in [0.05, 0.1) is 20.6 Å². The van der Waals surface area contributed by atoms with Gasteiger partial charge in [-0.1, -0.05) is 51.3 Å².